The molecule has 1 amide bonds. The second-order valence-electron chi connectivity index (χ2n) is 7.55. The highest BCUT2D eigenvalue weighted by molar-refractivity contribution is 5.91. The van der Waals surface area contributed by atoms with Crippen LogP contribution in [0.1, 0.15) is 21.5 Å². The zero-order valence-electron chi connectivity index (χ0n) is 17.7. The average Bonchev–Trinajstić information content (AvgIpc) is 3.34. The molecule has 160 valence electrons. The van der Waals surface area contributed by atoms with Gasteiger partial charge in [0, 0.05) is 31.9 Å². The molecular weight excluding hydrogens is 394 g/mol. The monoisotopic (exact) mass is 419 g/mol. The highest BCUT2D eigenvalue weighted by Crippen LogP contribution is 2.23. The van der Waals surface area contributed by atoms with Crippen molar-refractivity contribution in [3.05, 3.63) is 71.8 Å². The van der Waals surface area contributed by atoms with Crippen LogP contribution in [0.25, 0.3) is 5.69 Å². The maximum absolute atomic E-state index is 12.5. The smallest absolute Gasteiger partial charge is 0.338 e. The summed E-state index contributed by atoms with van der Waals surface area (Å²) in [6.07, 6.45) is 3.02. The van der Waals surface area contributed by atoms with E-state index in [-0.39, 0.29) is 12.5 Å². The second kappa shape index (κ2) is 8.99. The number of piperazine rings is 1. The van der Waals surface area contributed by atoms with E-state index in [1.54, 1.807) is 40.2 Å². The number of nitrogens with zero attached hydrogens (tertiary/aromatic N) is 5. The van der Waals surface area contributed by atoms with E-state index in [1.807, 2.05) is 0 Å². The van der Waals surface area contributed by atoms with Gasteiger partial charge in [0.15, 0.2) is 6.61 Å². The Balaban J connectivity index is 1.27. The van der Waals surface area contributed by atoms with Crippen molar-refractivity contribution in [3.8, 4) is 5.69 Å². The van der Waals surface area contributed by atoms with Crippen molar-refractivity contribution in [2.45, 2.75) is 13.8 Å². The Kier molecular flexibility index (Phi) is 5.97. The number of benzene rings is 2. The number of hydrogen-bond acceptors (Lipinski definition) is 6. The second-order valence-corrected chi connectivity index (χ2v) is 7.55. The van der Waals surface area contributed by atoms with Gasteiger partial charge in [0.25, 0.3) is 5.91 Å². The Labute approximate surface area is 181 Å². The van der Waals surface area contributed by atoms with E-state index >= 15 is 0 Å². The molecule has 1 aromatic heterocycles. The maximum atomic E-state index is 12.5. The SMILES string of the molecule is Cc1cccc(N2CCN(C(=O)COC(=O)c3ccc(-n4cncn4)cc3)CC2)c1C. The van der Waals surface area contributed by atoms with E-state index in [1.165, 1.54) is 23.1 Å². The summed E-state index contributed by atoms with van der Waals surface area (Å²) in [5, 5.41) is 4.04. The summed E-state index contributed by atoms with van der Waals surface area (Å²) in [4.78, 5) is 32.8. The molecule has 31 heavy (non-hydrogen) atoms. The number of amides is 1. The van der Waals surface area contributed by atoms with Crippen LogP contribution in [0, 0.1) is 13.8 Å². The highest BCUT2D eigenvalue weighted by Gasteiger charge is 2.23. The molecule has 2 heterocycles. The van der Waals surface area contributed by atoms with Crippen LogP contribution in [-0.2, 0) is 9.53 Å². The van der Waals surface area contributed by atoms with Gasteiger partial charge in [-0.3, -0.25) is 4.79 Å². The van der Waals surface area contributed by atoms with Crippen molar-refractivity contribution in [2.24, 2.45) is 0 Å². The largest absolute Gasteiger partial charge is 0.452 e. The Bertz CT molecular complexity index is 1060. The fraction of sp³-hybridized carbons (Fsp3) is 0.304. The van der Waals surface area contributed by atoms with Gasteiger partial charge in [0.1, 0.15) is 12.7 Å². The number of carbonyl (C=O) groups is 2. The summed E-state index contributed by atoms with van der Waals surface area (Å²) in [7, 11) is 0. The molecule has 8 nitrogen and oxygen atoms in total. The number of rotatable bonds is 5. The first kappa shape index (κ1) is 20.6. The standard InChI is InChI=1S/C23H25N5O3/c1-17-4-3-5-21(18(17)2)26-10-12-27(13-11-26)22(29)14-31-23(30)19-6-8-20(9-7-19)28-16-24-15-25-28/h3-9,15-16H,10-14H2,1-2H3. The maximum Gasteiger partial charge on any atom is 0.338 e. The van der Waals surface area contributed by atoms with Crippen LogP contribution in [0.15, 0.2) is 55.1 Å². The van der Waals surface area contributed by atoms with Gasteiger partial charge in [-0.15, -0.1) is 0 Å². The van der Waals surface area contributed by atoms with Gasteiger partial charge in [-0.1, -0.05) is 12.1 Å². The third kappa shape index (κ3) is 4.58. The van der Waals surface area contributed by atoms with E-state index in [4.69, 9.17) is 4.74 Å². The van der Waals surface area contributed by atoms with Crippen molar-refractivity contribution in [1.29, 1.82) is 0 Å². The van der Waals surface area contributed by atoms with Gasteiger partial charge < -0.3 is 14.5 Å². The Hall–Kier alpha value is -3.68. The molecule has 4 rings (SSSR count). The van der Waals surface area contributed by atoms with Crippen LogP contribution < -0.4 is 4.90 Å². The molecule has 3 aromatic rings. The molecule has 0 radical (unpaired) electrons. The zero-order valence-corrected chi connectivity index (χ0v) is 17.7. The van der Waals surface area contributed by atoms with Crippen LogP contribution in [0.3, 0.4) is 0 Å². The molecule has 0 bridgehead atoms. The summed E-state index contributed by atoms with van der Waals surface area (Å²) in [6, 6.07) is 13.1. The van der Waals surface area contributed by atoms with Crippen molar-refractivity contribution < 1.29 is 14.3 Å². The van der Waals surface area contributed by atoms with E-state index in [0.29, 0.717) is 18.7 Å². The highest BCUT2D eigenvalue weighted by atomic mass is 16.5. The summed E-state index contributed by atoms with van der Waals surface area (Å²) < 4.78 is 6.84. The van der Waals surface area contributed by atoms with E-state index in [9.17, 15) is 9.59 Å². The number of aryl methyl sites for hydroxylation is 1. The predicted octanol–water partition coefficient (Wildman–Crippen LogP) is 2.39. The van der Waals surface area contributed by atoms with Crippen LogP contribution in [0.4, 0.5) is 5.69 Å². The molecule has 0 spiro atoms. The van der Waals surface area contributed by atoms with Gasteiger partial charge in [-0.25, -0.2) is 14.5 Å². The molecule has 0 aliphatic carbocycles. The van der Waals surface area contributed by atoms with Crippen molar-refractivity contribution >= 4 is 17.6 Å². The van der Waals surface area contributed by atoms with Crippen molar-refractivity contribution in [1.82, 2.24) is 19.7 Å². The number of anilines is 1. The predicted molar refractivity (Wildman–Crippen MR) is 116 cm³/mol. The molecule has 1 fully saturated rings. The fourth-order valence-electron chi connectivity index (χ4n) is 3.67. The topological polar surface area (TPSA) is 80.6 Å². The number of carbonyl (C=O) groups excluding carboxylic acids is 2. The molecule has 1 saturated heterocycles. The summed E-state index contributed by atoms with van der Waals surface area (Å²) in [6.45, 7) is 6.70. The minimum atomic E-state index is -0.521. The third-order valence-electron chi connectivity index (χ3n) is 5.66. The molecule has 8 heteroatoms. The van der Waals surface area contributed by atoms with E-state index in [2.05, 4.69) is 47.0 Å². The van der Waals surface area contributed by atoms with Gasteiger partial charge >= 0.3 is 5.97 Å². The van der Waals surface area contributed by atoms with Crippen LogP contribution in [0.5, 0.6) is 0 Å². The molecule has 0 saturated carbocycles. The summed E-state index contributed by atoms with van der Waals surface area (Å²) in [5.41, 5.74) is 4.92. The third-order valence-corrected chi connectivity index (χ3v) is 5.66. The van der Waals surface area contributed by atoms with Gasteiger partial charge in [-0.2, -0.15) is 5.10 Å². The number of aromatic nitrogens is 3. The van der Waals surface area contributed by atoms with E-state index < -0.39 is 5.97 Å². The van der Waals surface area contributed by atoms with E-state index in [0.717, 1.165) is 18.8 Å². The molecule has 0 atom stereocenters. The number of hydrogen-bond donors (Lipinski definition) is 0. The summed E-state index contributed by atoms with van der Waals surface area (Å²) >= 11 is 0. The van der Waals surface area contributed by atoms with Crippen molar-refractivity contribution in [3.63, 3.8) is 0 Å². The molecule has 2 aromatic carbocycles. The van der Waals surface area contributed by atoms with Crippen LogP contribution >= 0.6 is 0 Å². The van der Waals surface area contributed by atoms with Gasteiger partial charge in [-0.05, 0) is 55.3 Å². The summed E-state index contributed by atoms with van der Waals surface area (Å²) in [5.74, 6) is -0.694. The number of esters is 1. The Morgan fingerprint density at radius 3 is 2.42 bits per heavy atom. The lowest BCUT2D eigenvalue weighted by Gasteiger charge is -2.37. The quantitative estimate of drug-likeness (QED) is 0.591. The molecule has 1 aliphatic heterocycles. The molecular formula is C23H25N5O3. The minimum Gasteiger partial charge on any atom is -0.452 e. The van der Waals surface area contributed by atoms with Gasteiger partial charge in [0.05, 0.1) is 11.3 Å². The molecule has 0 unspecified atom stereocenters. The first-order chi connectivity index (χ1) is 15.0. The zero-order chi connectivity index (χ0) is 21.8. The lowest BCUT2D eigenvalue weighted by atomic mass is 10.1. The fourth-order valence-corrected chi connectivity index (χ4v) is 3.67. The van der Waals surface area contributed by atoms with Gasteiger partial charge in [0.2, 0.25) is 0 Å². The molecule has 1 aliphatic rings. The van der Waals surface area contributed by atoms with Crippen LogP contribution in [-0.4, -0.2) is 64.3 Å². The average molecular weight is 419 g/mol. The molecule has 0 N–H and O–H groups in total. The first-order valence-electron chi connectivity index (χ1n) is 10.2. The minimum absolute atomic E-state index is 0.173. The lowest BCUT2D eigenvalue weighted by Crippen LogP contribution is -2.50. The normalized spacial score (nSPS) is 13.9. The lowest BCUT2D eigenvalue weighted by molar-refractivity contribution is -0.134. The number of ether oxygens (including phenoxy) is 1. The first-order valence-corrected chi connectivity index (χ1v) is 10.2. The van der Waals surface area contributed by atoms with Crippen LogP contribution in [0.2, 0.25) is 0 Å². The van der Waals surface area contributed by atoms with Crippen molar-refractivity contribution in [2.75, 3.05) is 37.7 Å². The Morgan fingerprint density at radius 2 is 1.74 bits per heavy atom. The Morgan fingerprint density at radius 1 is 1.00 bits per heavy atom.